The maximum atomic E-state index is 13.1. The van der Waals surface area contributed by atoms with Crippen LogP contribution in [0.2, 0.25) is 0 Å². The maximum Gasteiger partial charge on any atom is 0.251 e. The zero-order valence-corrected chi connectivity index (χ0v) is 14.8. The van der Waals surface area contributed by atoms with E-state index in [0.717, 1.165) is 24.0 Å². The molecule has 0 spiro atoms. The number of amides is 1. The van der Waals surface area contributed by atoms with E-state index in [2.05, 4.69) is 5.32 Å². The summed E-state index contributed by atoms with van der Waals surface area (Å²) in [7, 11) is -3.67. The van der Waals surface area contributed by atoms with Crippen LogP contribution in [0.4, 0.5) is 0 Å². The predicted molar refractivity (Wildman–Crippen MR) is 94.5 cm³/mol. The van der Waals surface area contributed by atoms with Crippen molar-refractivity contribution in [2.75, 3.05) is 0 Å². The lowest BCUT2D eigenvalue weighted by Gasteiger charge is -2.21. The summed E-state index contributed by atoms with van der Waals surface area (Å²) >= 11 is 0. The molecule has 5 nitrogen and oxygen atoms in total. The van der Waals surface area contributed by atoms with Gasteiger partial charge in [-0.2, -0.15) is 4.31 Å². The second kappa shape index (κ2) is 5.97. The van der Waals surface area contributed by atoms with E-state index in [0.29, 0.717) is 12.1 Å². The van der Waals surface area contributed by atoms with Crippen molar-refractivity contribution in [3.05, 3.63) is 65.2 Å². The van der Waals surface area contributed by atoms with Gasteiger partial charge < -0.3 is 5.32 Å². The monoisotopic (exact) mass is 356 g/mol. The molecule has 130 valence electrons. The first-order chi connectivity index (χ1) is 12.0. The molecule has 1 aliphatic heterocycles. The summed E-state index contributed by atoms with van der Waals surface area (Å²) in [4.78, 5) is 12.4. The summed E-state index contributed by atoms with van der Waals surface area (Å²) in [6, 6.07) is 14.1. The Morgan fingerprint density at radius 2 is 1.88 bits per heavy atom. The van der Waals surface area contributed by atoms with Gasteiger partial charge >= 0.3 is 0 Å². The number of hydrogen-bond donors (Lipinski definition) is 1. The fourth-order valence-corrected chi connectivity index (χ4v) is 4.90. The number of sulfonamides is 1. The highest BCUT2D eigenvalue weighted by Gasteiger charge is 2.36. The van der Waals surface area contributed by atoms with Crippen LogP contribution in [0, 0.1) is 0 Å². The van der Waals surface area contributed by atoms with Gasteiger partial charge in [-0.05, 0) is 49.1 Å². The number of nitrogens with one attached hydrogen (secondary N) is 1. The van der Waals surface area contributed by atoms with Crippen molar-refractivity contribution < 1.29 is 13.2 Å². The van der Waals surface area contributed by atoms with Gasteiger partial charge in [0.15, 0.2) is 0 Å². The topological polar surface area (TPSA) is 66.5 Å². The summed E-state index contributed by atoms with van der Waals surface area (Å²) in [6.45, 7) is 2.26. The van der Waals surface area contributed by atoms with E-state index in [1.165, 1.54) is 10.4 Å². The standard InChI is InChI=1S/C19H20N2O3S/c1-13-18-8-3-2-5-15(18)12-21(13)25(23,24)17-7-4-6-14(11-17)19(22)20-16-9-10-16/h2-8,11,13,16H,9-10,12H2,1H3,(H,20,22). The van der Waals surface area contributed by atoms with Gasteiger partial charge in [-0.3, -0.25) is 4.79 Å². The number of nitrogens with zero attached hydrogens (tertiary/aromatic N) is 1. The summed E-state index contributed by atoms with van der Waals surface area (Å²) < 4.78 is 27.7. The first-order valence-corrected chi connectivity index (χ1v) is 9.91. The summed E-state index contributed by atoms with van der Waals surface area (Å²) in [5.74, 6) is -0.211. The Kier molecular flexibility index (Phi) is 3.89. The van der Waals surface area contributed by atoms with Gasteiger partial charge in [0, 0.05) is 24.2 Å². The van der Waals surface area contributed by atoms with Crippen LogP contribution in [-0.2, 0) is 16.6 Å². The maximum absolute atomic E-state index is 13.1. The molecule has 1 atom stereocenters. The molecule has 6 heteroatoms. The molecule has 4 rings (SSSR count). The van der Waals surface area contributed by atoms with Crippen LogP contribution in [-0.4, -0.2) is 24.7 Å². The van der Waals surface area contributed by atoms with Gasteiger partial charge in [0.25, 0.3) is 5.91 Å². The van der Waals surface area contributed by atoms with Crippen molar-refractivity contribution in [1.82, 2.24) is 9.62 Å². The Morgan fingerprint density at radius 3 is 2.60 bits per heavy atom. The second-order valence-electron chi connectivity index (χ2n) is 6.70. The van der Waals surface area contributed by atoms with Crippen LogP contribution in [0.5, 0.6) is 0 Å². The largest absolute Gasteiger partial charge is 0.349 e. The molecule has 0 aromatic heterocycles. The molecule has 1 N–H and O–H groups in total. The van der Waals surface area contributed by atoms with Crippen molar-refractivity contribution in [2.45, 2.75) is 43.3 Å². The van der Waals surface area contributed by atoms with Gasteiger partial charge in [0.05, 0.1) is 4.90 Å². The lowest BCUT2D eigenvalue weighted by Crippen LogP contribution is -2.29. The molecular formula is C19H20N2O3S. The van der Waals surface area contributed by atoms with E-state index < -0.39 is 10.0 Å². The summed E-state index contributed by atoms with van der Waals surface area (Å²) in [5.41, 5.74) is 2.45. The van der Waals surface area contributed by atoms with Gasteiger partial charge in [0.1, 0.15) is 0 Å². The van der Waals surface area contributed by atoms with Crippen molar-refractivity contribution >= 4 is 15.9 Å². The number of rotatable bonds is 4. The highest BCUT2D eigenvalue weighted by Crippen LogP contribution is 2.37. The Morgan fingerprint density at radius 1 is 1.12 bits per heavy atom. The molecule has 1 heterocycles. The van der Waals surface area contributed by atoms with Crippen LogP contribution in [0.25, 0.3) is 0 Å². The van der Waals surface area contributed by atoms with Crippen LogP contribution in [0.3, 0.4) is 0 Å². The van der Waals surface area contributed by atoms with E-state index >= 15 is 0 Å². The third-order valence-corrected chi connectivity index (χ3v) is 6.79. The van der Waals surface area contributed by atoms with Crippen molar-refractivity contribution in [3.8, 4) is 0 Å². The minimum atomic E-state index is -3.67. The first-order valence-electron chi connectivity index (χ1n) is 8.47. The number of carbonyl (C=O) groups excluding carboxylic acids is 1. The van der Waals surface area contributed by atoms with E-state index in [-0.39, 0.29) is 22.9 Å². The fourth-order valence-electron chi connectivity index (χ4n) is 3.27. The molecule has 1 fully saturated rings. The number of fused-ring (bicyclic) bond motifs is 1. The van der Waals surface area contributed by atoms with Gasteiger partial charge in [-0.25, -0.2) is 8.42 Å². The second-order valence-corrected chi connectivity index (χ2v) is 8.59. The SMILES string of the molecule is CC1c2ccccc2CN1S(=O)(=O)c1cccc(C(=O)NC2CC2)c1. The normalized spacial score (nSPS) is 20.3. The van der Waals surface area contributed by atoms with E-state index in [1.54, 1.807) is 18.2 Å². The molecule has 2 aromatic rings. The molecule has 1 unspecified atom stereocenters. The molecule has 1 amide bonds. The molecular weight excluding hydrogens is 336 g/mol. The van der Waals surface area contributed by atoms with Gasteiger partial charge in [-0.1, -0.05) is 30.3 Å². The third-order valence-electron chi connectivity index (χ3n) is 4.88. The van der Waals surface area contributed by atoms with Crippen LogP contribution in [0.1, 0.15) is 47.3 Å². The van der Waals surface area contributed by atoms with Gasteiger partial charge in [-0.15, -0.1) is 0 Å². The third kappa shape index (κ3) is 2.96. The van der Waals surface area contributed by atoms with Crippen molar-refractivity contribution in [3.63, 3.8) is 0 Å². The van der Waals surface area contributed by atoms with Crippen LogP contribution < -0.4 is 5.32 Å². The molecule has 2 aromatic carbocycles. The number of hydrogen-bond acceptors (Lipinski definition) is 3. The quantitative estimate of drug-likeness (QED) is 0.916. The number of benzene rings is 2. The highest BCUT2D eigenvalue weighted by atomic mass is 32.2. The Hall–Kier alpha value is -2.18. The molecule has 0 radical (unpaired) electrons. The zero-order chi connectivity index (χ0) is 17.6. The highest BCUT2D eigenvalue weighted by molar-refractivity contribution is 7.89. The average molecular weight is 356 g/mol. The van der Waals surface area contributed by atoms with Crippen molar-refractivity contribution in [2.24, 2.45) is 0 Å². The van der Waals surface area contributed by atoms with Crippen LogP contribution >= 0.6 is 0 Å². The predicted octanol–water partition coefficient (Wildman–Crippen LogP) is 2.84. The number of carbonyl (C=O) groups is 1. The molecule has 0 saturated heterocycles. The van der Waals surface area contributed by atoms with Crippen LogP contribution in [0.15, 0.2) is 53.4 Å². The average Bonchev–Trinajstić information content (AvgIpc) is 3.36. The molecule has 25 heavy (non-hydrogen) atoms. The zero-order valence-electron chi connectivity index (χ0n) is 14.0. The lowest BCUT2D eigenvalue weighted by molar-refractivity contribution is 0.0951. The summed E-state index contributed by atoms with van der Waals surface area (Å²) in [6.07, 6.45) is 1.99. The van der Waals surface area contributed by atoms with E-state index in [1.807, 2.05) is 31.2 Å². The molecule has 1 saturated carbocycles. The smallest absolute Gasteiger partial charge is 0.251 e. The van der Waals surface area contributed by atoms with Crippen molar-refractivity contribution in [1.29, 1.82) is 0 Å². The molecule has 2 aliphatic rings. The lowest BCUT2D eigenvalue weighted by atomic mass is 10.1. The minimum Gasteiger partial charge on any atom is -0.349 e. The fraction of sp³-hybridized carbons (Fsp3) is 0.316. The molecule has 1 aliphatic carbocycles. The molecule has 0 bridgehead atoms. The Labute approximate surface area is 147 Å². The Bertz CT molecular complexity index is 935. The first kappa shape index (κ1) is 16.3. The van der Waals surface area contributed by atoms with E-state index in [9.17, 15) is 13.2 Å². The Balaban J connectivity index is 1.64. The minimum absolute atomic E-state index is 0.163. The van der Waals surface area contributed by atoms with E-state index in [4.69, 9.17) is 0 Å². The summed E-state index contributed by atoms with van der Waals surface area (Å²) in [5, 5.41) is 2.89. The van der Waals surface area contributed by atoms with Gasteiger partial charge in [0.2, 0.25) is 10.0 Å².